The van der Waals surface area contributed by atoms with Crippen LogP contribution < -0.4 is 15.4 Å². The Bertz CT molecular complexity index is 748. The molecule has 1 aromatic heterocycles. The van der Waals surface area contributed by atoms with Crippen molar-refractivity contribution in [2.24, 2.45) is 12.0 Å². The molecule has 0 saturated carbocycles. The molecule has 146 valence electrons. The summed E-state index contributed by atoms with van der Waals surface area (Å²) in [6.07, 6.45) is 1.92. The maximum atomic E-state index is 5.99. The zero-order valence-electron chi connectivity index (χ0n) is 16.2. The summed E-state index contributed by atoms with van der Waals surface area (Å²) in [5, 5.41) is 15.0. The molecule has 0 saturated heterocycles. The number of aryl methyl sites for hydroxylation is 1. The molecule has 0 bridgehead atoms. The molecule has 1 aliphatic heterocycles. The Morgan fingerprint density at radius 2 is 2.19 bits per heavy atom. The predicted octanol–water partition coefficient (Wildman–Crippen LogP) is 1.20. The summed E-state index contributed by atoms with van der Waals surface area (Å²) in [6.45, 7) is 4.57. The molecule has 3 rings (SSSR count). The Balaban J connectivity index is 1.56. The van der Waals surface area contributed by atoms with Gasteiger partial charge < -0.3 is 24.7 Å². The van der Waals surface area contributed by atoms with E-state index >= 15 is 0 Å². The van der Waals surface area contributed by atoms with Crippen molar-refractivity contribution >= 4 is 5.96 Å². The van der Waals surface area contributed by atoms with Gasteiger partial charge in [-0.2, -0.15) is 0 Å². The molecule has 27 heavy (non-hydrogen) atoms. The summed E-state index contributed by atoms with van der Waals surface area (Å²) < 4.78 is 13.0. The summed E-state index contributed by atoms with van der Waals surface area (Å²) in [7, 11) is 3.65. The number of nitrogens with zero attached hydrogens (tertiary/aromatic N) is 4. The molecule has 8 nitrogen and oxygen atoms in total. The van der Waals surface area contributed by atoms with Gasteiger partial charge in [0.15, 0.2) is 11.8 Å². The van der Waals surface area contributed by atoms with Gasteiger partial charge in [0.05, 0.1) is 6.54 Å². The van der Waals surface area contributed by atoms with Gasteiger partial charge in [0.1, 0.15) is 24.2 Å². The first-order valence-corrected chi connectivity index (χ1v) is 9.28. The number of methoxy groups -OCH3 is 1. The Labute approximate surface area is 160 Å². The SMILES string of the molecule is COCCCNC(=NCc1nnc(C)n1C)NCC1Cc2ccccc2O1. The number of hydrogen-bond acceptors (Lipinski definition) is 5. The Kier molecular flexibility index (Phi) is 6.64. The minimum atomic E-state index is 0.102. The molecule has 1 unspecified atom stereocenters. The lowest BCUT2D eigenvalue weighted by Gasteiger charge is -2.16. The molecule has 2 N–H and O–H groups in total. The lowest BCUT2D eigenvalue weighted by atomic mass is 10.1. The minimum Gasteiger partial charge on any atom is -0.488 e. The first-order valence-electron chi connectivity index (χ1n) is 9.28. The number of guanidine groups is 1. The standard InChI is InChI=1S/C19H28N6O2/c1-14-23-24-18(25(14)2)13-22-19(20-9-6-10-26-3)21-12-16-11-15-7-4-5-8-17(15)27-16/h4-5,7-8,16H,6,9-13H2,1-3H3,(H2,20,21,22). The highest BCUT2D eigenvalue weighted by Gasteiger charge is 2.22. The smallest absolute Gasteiger partial charge is 0.191 e. The summed E-state index contributed by atoms with van der Waals surface area (Å²) >= 11 is 0. The van der Waals surface area contributed by atoms with E-state index in [-0.39, 0.29) is 6.10 Å². The van der Waals surface area contributed by atoms with E-state index in [0.29, 0.717) is 19.7 Å². The third-order valence-electron chi connectivity index (χ3n) is 4.59. The third-order valence-corrected chi connectivity index (χ3v) is 4.59. The highest BCUT2D eigenvalue weighted by Crippen LogP contribution is 2.27. The largest absolute Gasteiger partial charge is 0.488 e. The zero-order valence-corrected chi connectivity index (χ0v) is 16.2. The lowest BCUT2D eigenvalue weighted by Crippen LogP contribution is -2.42. The second kappa shape index (κ2) is 9.36. The fraction of sp³-hybridized carbons (Fsp3) is 0.526. The summed E-state index contributed by atoms with van der Waals surface area (Å²) in [6, 6.07) is 8.18. The zero-order chi connectivity index (χ0) is 19.1. The molecular weight excluding hydrogens is 344 g/mol. The molecule has 1 atom stereocenters. The third kappa shape index (κ3) is 5.19. The number of benzene rings is 1. The quantitative estimate of drug-likeness (QED) is 0.411. The van der Waals surface area contributed by atoms with Crippen molar-refractivity contribution < 1.29 is 9.47 Å². The number of para-hydroxylation sites is 1. The van der Waals surface area contributed by atoms with Crippen molar-refractivity contribution in [1.82, 2.24) is 25.4 Å². The van der Waals surface area contributed by atoms with Crippen LogP contribution in [0.5, 0.6) is 5.75 Å². The molecule has 0 radical (unpaired) electrons. The normalized spacial score (nSPS) is 16.1. The summed E-state index contributed by atoms with van der Waals surface area (Å²) in [4.78, 5) is 4.65. The maximum absolute atomic E-state index is 5.99. The molecule has 2 aromatic rings. The van der Waals surface area contributed by atoms with Crippen molar-refractivity contribution in [1.29, 1.82) is 0 Å². The van der Waals surface area contributed by atoms with Crippen LogP contribution in [0.3, 0.4) is 0 Å². The average Bonchev–Trinajstić information content (AvgIpc) is 3.24. The molecular formula is C19H28N6O2. The van der Waals surface area contributed by atoms with Gasteiger partial charge in [-0.05, 0) is 25.0 Å². The first kappa shape index (κ1) is 19.2. The van der Waals surface area contributed by atoms with Gasteiger partial charge in [-0.25, -0.2) is 4.99 Å². The second-order valence-corrected chi connectivity index (χ2v) is 6.59. The Morgan fingerprint density at radius 1 is 1.33 bits per heavy atom. The van der Waals surface area contributed by atoms with Crippen molar-refractivity contribution in [3.8, 4) is 5.75 Å². The van der Waals surface area contributed by atoms with E-state index in [1.807, 2.05) is 36.7 Å². The van der Waals surface area contributed by atoms with Crippen molar-refractivity contribution in [2.75, 3.05) is 26.8 Å². The van der Waals surface area contributed by atoms with Crippen molar-refractivity contribution in [3.63, 3.8) is 0 Å². The predicted molar refractivity (Wildman–Crippen MR) is 104 cm³/mol. The van der Waals surface area contributed by atoms with E-state index in [1.54, 1.807) is 7.11 Å². The van der Waals surface area contributed by atoms with Crippen molar-refractivity contribution in [3.05, 3.63) is 41.5 Å². The first-order chi connectivity index (χ1) is 13.2. The lowest BCUT2D eigenvalue weighted by molar-refractivity contribution is 0.195. The number of hydrogen-bond donors (Lipinski definition) is 2. The monoisotopic (exact) mass is 372 g/mol. The van der Waals surface area contributed by atoms with Crippen LogP contribution >= 0.6 is 0 Å². The Morgan fingerprint density at radius 3 is 2.93 bits per heavy atom. The van der Waals surface area contributed by atoms with Gasteiger partial charge in [0.25, 0.3) is 0 Å². The number of aliphatic imine (C=N–C) groups is 1. The highest BCUT2D eigenvalue weighted by atomic mass is 16.5. The Hall–Kier alpha value is -2.61. The molecule has 0 fully saturated rings. The van der Waals surface area contributed by atoms with Crippen LogP contribution in [-0.2, 0) is 24.8 Å². The molecule has 1 aromatic carbocycles. The van der Waals surface area contributed by atoms with E-state index in [0.717, 1.165) is 42.7 Å². The molecule has 0 amide bonds. The number of nitrogens with one attached hydrogen (secondary N) is 2. The van der Waals surface area contributed by atoms with Crippen molar-refractivity contribution in [2.45, 2.75) is 32.4 Å². The van der Waals surface area contributed by atoms with Crippen LogP contribution in [-0.4, -0.2) is 53.6 Å². The van der Waals surface area contributed by atoms with Gasteiger partial charge >= 0.3 is 0 Å². The van der Waals surface area contributed by atoms with Crippen LogP contribution in [0.4, 0.5) is 0 Å². The fourth-order valence-electron chi connectivity index (χ4n) is 2.91. The second-order valence-electron chi connectivity index (χ2n) is 6.59. The number of aromatic nitrogens is 3. The van der Waals surface area contributed by atoms with Crippen LogP contribution in [0.1, 0.15) is 23.6 Å². The molecule has 1 aliphatic rings. The van der Waals surface area contributed by atoms with Crippen LogP contribution in [0.2, 0.25) is 0 Å². The maximum Gasteiger partial charge on any atom is 0.191 e. The van der Waals surface area contributed by atoms with Gasteiger partial charge in [-0.1, -0.05) is 18.2 Å². The van der Waals surface area contributed by atoms with Crippen LogP contribution in [0, 0.1) is 6.92 Å². The van der Waals surface area contributed by atoms with Gasteiger partial charge in [0.2, 0.25) is 0 Å². The summed E-state index contributed by atoms with van der Waals surface area (Å²) in [5.41, 5.74) is 1.26. The summed E-state index contributed by atoms with van der Waals surface area (Å²) in [5.74, 6) is 3.42. The highest BCUT2D eigenvalue weighted by molar-refractivity contribution is 5.79. The number of fused-ring (bicyclic) bond motifs is 1. The fourth-order valence-corrected chi connectivity index (χ4v) is 2.91. The van der Waals surface area contributed by atoms with E-state index in [1.165, 1.54) is 5.56 Å². The molecule has 8 heteroatoms. The van der Waals surface area contributed by atoms with E-state index < -0.39 is 0 Å². The van der Waals surface area contributed by atoms with Crippen LogP contribution in [0.25, 0.3) is 0 Å². The van der Waals surface area contributed by atoms with Gasteiger partial charge in [-0.3, -0.25) is 0 Å². The van der Waals surface area contributed by atoms with Crippen LogP contribution in [0.15, 0.2) is 29.3 Å². The van der Waals surface area contributed by atoms with E-state index in [4.69, 9.17) is 9.47 Å². The number of ether oxygens (including phenoxy) is 2. The molecule has 0 spiro atoms. The molecule has 0 aliphatic carbocycles. The van der Waals surface area contributed by atoms with E-state index in [2.05, 4.69) is 31.9 Å². The van der Waals surface area contributed by atoms with Gasteiger partial charge in [-0.15, -0.1) is 10.2 Å². The topological polar surface area (TPSA) is 85.6 Å². The minimum absolute atomic E-state index is 0.102. The average molecular weight is 372 g/mol. The van der Waals surface area contributed by atoms with E-state index in [9.17, 15) is 0 Å². The molecule has 2 heterocycles. The van der Waals surface area contributed by atoms with Gasteiger partial charge in [0, 0.05) is 33.7 Å². The number of rotatable bonds is 8.